The number of rotatable bonds is 6. The van der Waals surface area contributed by atoms with E-state index in [0.717, 1.165) is 11.1 Å². The smallest absolute Gasteiger partial charge is 0.319 e. The highest BCUT2D eigenvalue weighted by Gasteiger charge is 2.18. The van der Waals surface area contributed by atoms with Crippen molar-refractivity contribution < 1.29 is 14.3 Å². The predicted molar refractivity (Wildman–Crippen MR) is 89.2 cm³/mol. The van der Waals surface area contributed by atoms with Crippen LogP contribution >= 0.6 is 0 Å². The van der Waals surface area contributed by atoms with E-state index < -0.39 is 0 Å². The number of aliphatic hydroxyl groups is 1. The minimum atomic E-state index is -0.274. The molecule has 23 heavy (non-hydrogen) atoms. The third-order valence-corrected chi connectivity index (χ3v) is 3.68. The number of hydrogen-bond donors (Lipinski definition) is 3. The van der Waals surface area contributed by atoms with Crippen LogP contribution in [0.25, 0.3) is 11.5 Å². The Balaban J connectivity index is 2.02. The topological polar surface area (TPSA) is 87.4 Å². The average Bonchev–Trinajstić information content (AvgIpc) is 3.02. The second-order valence-corrected chi connectivity index (χ2v) is 6.31. The summed E-state index contributed by atoms with van der Waals surface area (Å²) in [6.07, 6.45) is 3.72. The minimum absolute atomic E-state index is 0.105. The summed E-state index contributed by atoms with van der Waals surface area (Å²) in [5, 5.41) is 14.7. The SMILES string of the molecule is Cc1ccc(-c2ncco2)cc1NC(=O)NCC(C)(C)CCO. The van der Waals surface area contributed by atoms with Crippen LogP contribution < -0.4 is 10.6 Å². The molecule has 0 radical (unpaired) electrons. The van der Waals surface area contributed by atoms with Crippen molar-refractivity contribution in [2.45, 2.75) is 27.2 Å². The van der Waals surface area contributed by atoms with Crippen molar-refractivity contribution in [3.8, 4) is 11.5 Å². The number of nitrogens with one attached hydrogen (secondary N) is 2. The van der Waals surface area contributed by atoms with Crippen molar-refractivity contribution in [1.29, 1.82) is 0 Å². The van der Waals surface area contributed by atoms with Gasteiger partial charge < -0.3 is 20.2 Å². The van der Waals surface area contributed by atoms with Crippen molar-refractivity contribution in [2.24, 2.45) is 5.41 Å². The molecule has 2 amide bonds. The van der Waals surface area contributed by atoms with Crippen LogP contribution in [-0.4, -0.2) is 29.3 Å². The number of oxazole rings is 1. The number of urea groups is 1. The summed E-state index contributed by atoms with van der Waals surface area (Å²) in [4.78, 5) is 16.2. The summed E-state index contributed by atoms with van der Waals surface area (Å²) in [5.74, 6) is 0.512. The van der Waals surface area contributed by atoms with Gasteiger partial charge in [0.2, 0.25) is 5.89 Å². The van der Waals surface area contributed by atoms with Gasteiger partial charge in [0.25, 0.3) is 0 Å². The fraction of sp³-hybridized carbons (Fsp3) is 0.412. The maximum Gasteiger partial charge on any atom is 0.319 e. The number of benzene rings is 1. The van der Waals surface area contributed by atoms with Gasteiger partial charge >= 0.3 is 6.03 Å². The molecule has 0 aliphatic carbocycles. The monoisotopic (exact) mass is 317 g/mol. The molecule has 6 nitrogen and oxygen atoms in total. The number of carbonyl (C=O) groups is 1. The van der Waals surface area contributed by atoms with Gasteiger partial charge in [0, 0.05) is 24.4 Å². The Morgan fingerprint density at radius 2 is 2.17 bits per heavy atom. The lowest BCUT2D eigenvalue weighted by Crippen LogP contribution is -2.37. The number of aliphatic hydroxyl groups excluding tert-OH is 1. The van der Waals surface area contributed by atoms with Crippen LogP contribution in [0.2, 0.25) is 0 Å². The number of amides is 2. The van der Waals surface area contributed by atoms with E-state index in [1.807, 2.05) is 39.0 Å². The minimum Gasteiger partial charge on any atom is -0.445 e. The van der Waals surface area contributed by atoms with Gasteiger partial charge in [0.15, 0.2) is 0 Å². The van der Waals surface area contributed by atoms with Crippen LogP contribution in [0.4, 0.5) is 10.5 Å². The summed E-state index contributed by atoms with van der Waals surface area (Å²) in [6, 6.07) is 5.36. The molecule has 1 heterocycles. The molecule has 0 spiro atoms. The molecule has 6 heteroatoms. The molecule has 0 saturated heterocycles. The first-order chi connectivity index (χ1) is 10.9. The number of nitrogens with zero attached hydrogens (tertiary/aromatic N) is 1. The molecule has 1 aromatic carbocycles. The summed E-state index contributed by atoms with van der Waals surface area (Å²) < 4.78 is 5.28. The fourth-order valence-corrected chi connectivity index (χ4v) is 2.13. The molecule has 0 saturated carbocycles. The van der Waals surface area contributed by atoms with Crippen molar-refractivity contribution in [2.75, 3.05) is 18.5 Å². The first-order valence-electron chi connectivity index (χ1n) is 7.57. The molecule has 0 aliphatic rings. The van der Waals surface area contributed by atoms with E-state index in [2.05, 4.69) is 15.6 Å². The molecular weight excluding hydrogens is 294 g/mol. The van der Waals surface area contributed by atoms with Gasteiger partial charge in [0.05, 0.1) is 6.20 Å². The van der Waals surface area contributed by atoms with Crippen molar-refractivity contribution >= 4 is 11.7 Å². The molecule has 2 aromatic rings. The van der Waals surface area contributed by atoms with E-state index in [9.17, 15) is 4.79 Å². The van der Waals surface area contributed by atoms with Crippen LogP contribution in [0, 0.1) is 12.3 Å². The molecule has 0 bridgehead atoms. The Labute approximate surface area is 135 Å². The molecule has 0 atom stereocenters. The van der Waals surface area contributed by atoms with E-state index >= 15 is 0 Å². The van der Waals surface area contributed by atoms with E-state index in [1.54, 1.807) is 6.20 Å². The number of hydrogen-bond acceptors (Lipinski definition) is 4. The summed E-state index contributed by atoms with van der Waals surface area (Å²) >= 11 is 0. The second-order valence-electron chi connectivity index (χ2n) is 6.31. The third-order valence-electron chi connectivity index (χ3n) is 3.68. The van der Waals surface area contributed by atoms with Gasteiger partial charge in [-0.2, -0.15) is 0 Å². The Morgan fingerprint density at radius 3 is 2.83 bits per heavy atom. The zero-order valence-corrected chi connectivity index (χ0v) is 13.7. The quantitative estimate of drug-likeness (QED) is 0.763. The van der Waals surface area contributed by atoms with Gasteiger partial charge in [0.1, 0.15) is 6.26 Å². The van der Waals surface area contributed by atoms with E-state index in [0.29, 0.717) is 24.5 Å². The van der Waals surface area contributed by atoms with Crippen LogP contribution in [0.15, 0.2) is 35.1 Å². The van der Waals surface area contributed by atoms with Gasteiger partial charge in [-0.3, -0.25) is 0 Å². The number of anilines is 1. The van der Waals surface area contributed by atoms with Crippen LogP contribution in [0.1, 0.15) is 25.8 Å². The molecule has 124 valence electrons. The molecule has 0 aliphatic heterocycles. The molecular formula is C17H23N3O3. The number of aromatic nitrogens is 1. The Morgan fingerprint density at radius 1 is 1.39 bits per heavy atom. The van der Waals surface area contributed by atoms with E-state index in [1.165, 1.54) is 6.26 Å². The van der Waals surface area contributed by atoms with Crippen LogP contribution in [0.5, 0.6) is 0 Å². The predicted octanol–water partition coefficient (Wildman–Crippen LogP) is 3.18. The third kappa shape index (κ3) is 4.82. The average molecular weight is 317 g/mol. The number of aryl methyl sites for hydroxylation is 1. The second kappa shape index (κ2) is 7.28. The lowest BCUT2D eigenvalue weighted by molar-refractivity contribution is 0.204. The van der Waals surface area contributed by atoms with Crippen molar-refractivity contribution in [1.82, 2.24) is 10.3 Å². The maximum absolute atomic E-state index is 12.1. The Kier molecular flexibility index (Phi) is 5.39. The van der Waals surface area contributed by atoms with E-state index in [-0.39, 0.29) is 18.1 Å². The first kappa shape index (κ1) is 17.0. The zero-order valence-electron chi connectivity index (χ0n) is 13.7. The van der Waals surface area contributed by atoms with Crippen LogP contribution in [-0.2, 0) is 0 Å². The van der Waals surface area contributed by atoms with Gasteiger partial charge in [-0.05, 0) is 36.5 Å². The molecule has 2 rings (SSSR count). The molecule has 1 aromatic heterocycles. The highest BCUT2D eigenvalue weighted by molar-refractivity contribution is 5.90. The lowest BCUT2D eigenvalue weighted by atomic mass is 9.90. The molecule has 0 unspecified atom stereocenters. The summed E-state index contributed by atoms with van der Waals surface area (Å²) in [5.41, 5.74) is 2.31. The molecule has 0 fully saturated rings. The van der Waals surface area contributed by atoms with E-state index in [4.69, 9.17) is 9.52 Å². The Bertz CT molecular complexity index is 651. The standard InChI is InChI=1S/C17H23N3O3/c1-12-4-5-13(15-18-7-9-23-15)10-14(12)20-16(22)19-11-17(2,3)6-8-21/h4-5,7,9-10,21H,6,8,11H2,1-3H3,(H2,19,20,22). The first-order valence-corrected chi connectivity index (χ1v) is 7.57. The highest BCUT2D eigenvalue weighted by Crippen LogP contribution is 2.24. The van der Waals surface area contributed by atoms with Gasteiger partial charge in [-0.15, -0.1) is 0 Å². The fourth-order valence-electron chi connectivity index (χ4n) is 2.13. The maximum atomic E-state index is 12.1. The summed E-state index contributed by atoms with van der Waals surface area (Å²) in [6.45, 7) is 6.51. The van der Waals surface area contributed by atoms with Gasteiger partial charge in [-0.1, -0.05) is 19.9 Å². The normalized spacial score (nSPS) is 11.3. The summed E-state index contributed by atoms with van der Waals surface area (Å²) in [7, 11) is 0. The largest absolute Gasteiger partial charge is 0.445 e. The van der Waals surface area contributed by atoms with Crippen molar-refractivity contribution in [3.05, 3.63) is 36.2 Å². The van der Waals surface area contributed by atoms with Gasteiger partial charge in [-0.25, -0.2) is 9.78 Å². The highest BCUT2D eigenvalue weighted by atomic mass is 16.3. The lowest BCUT2D eigenvalue weighted by Gasteiger charge is -2.24. The molecule has 3 N–H and O–H groups in total. The number of carbonyl (C=O) groups excluding carboxylic acids is 1. The zero-order chi connectivity index (χ0) is 16.9. The van der Waals surface area contributed by atoms with Crippen molar-refractivity contribution in [3.63, 3.8) is 0 Å². The Hall–Kier alpha value is -2.34. The van der Waals surface area contributed by atoms with Crippen LogP contribution in [0.3, 0.4) is 0 Å².